The molecule has 0 aromatic heterocycles. The fourth-order valence-corrected chi connectivity index (χ4v) is 4.36. The second-order valence-corrected chi connectivity index (χ2v) is 8.49. The van der Waals surface area contributed by atoms with E-state index in [0.717, 1.165) is 18.4 Å². The summed E-state index contributed by atoms with van der Waals surface area (Å²) in [5.74, 6) is 0.242. The van der Waals surface area contributed by atoms with Crippen LogP contribution in [0, 0.1) is 24.2 Å². The van der Waals surface area contributed by atoms with Gasteiger partial charge < -0.3 is 10.8 Å². The molecule has 0 spiro atoms. The van der Waals surface area contributed by atoms with E-state index in [1.807, 2.05) is 13.0 Å². The molecule has 26 heavy (non-hydrogen) atoms. The summed E-state index contributed by atoms with van der Waals surface area (Å²) in [6.07, 6.45) is 6.26. The number of aliphatic carboxylic acids is 1. The summed E-state index contributed by atoms with van der Waals surface area (Å²) in [5, 5.41) is 8.89. The number of hydrogen-bond donors (Lipinski definition) is 3. The number of fused-ring (bicyclic) bond motifs is 1. The number of aryl methyl sites for hydroxylation is 1. The molecule has 1 aromatic rings. The van der Waals surface area contributed by atoms with Crippen LogP contribution in [0.15, 0.2) is 53.5 Å². The van der Waals surface area contributed by atoms with Gasteiger partial charge in [-0.15, -0.1) is 0 Å². The number of carboxylic acid groups (broad SMARTS) is 1. The predicted molar refractivity (Wildman–Crippen MR) is 99.2 cm³/mol. The summed E-state index contributed by atoms with van der Waals surface area (Å²) in [7, 11) is -4.02. The Hall–Kier alpha value is -1.96. The molecule has 4 N–H and O–H groups in total. The van der Waals surface area contributed by atoms with Gasteiger partial charge in [0.25, 0.3) is 10.1 Å². The van der Waals surface area contributed by atoms with E-state index >= 15 is 0 Å². The molecule has 1 aromatic carbocycles. The Bertz CT molecular complexity index is 813. The van der Waals surface area contributed by atoms with Crippen LogP contribution < -0.4 is 5.73 Å². The van der Waals surface area contributed by atoms with Crippen molar-refractivity contribution in [3.8, 4) is 0 Å². The van der Waals surface area contributed by atoms with E-state index in [1.54, 1.807) is 12.1 Å². The quantitative estimate of drug-likeness (QED) is 0.677. The van der Waals surface area contributed by atoms with Crippen LogP contribution in [-0.4, -0.2) is 30.6 Å². The second-order valence-electron chi connectivity index (χ2n) is 7.06. The maximum absolute atomic E-state index is 10.8. The van der Waals surface area contributed by atoms with Crippen molar-refractivity contribution in [2.75, 3.05) is 6.54 Å². The van der Waals surface area contributed by atoms with E-state index in [0.29, 0.717) is 18.4 Å². The Morgan fingerprint density at radius 1 is 1.38 bits per heavy atom. The first kappa shape index (κ1) is 20.4. The van der Waals surface area contributed by atoms with Crippen LogP contribution >= 0.6 is 0 Å². The highest BCUT2D eigenvalue weighted by Crippen LogP contribution is 2.59. The molecule has 0 heterocycles. The third-order valence-electron chi connectivity index (χ3n) is 5.27. The van der Waals surface area contributed by atoms with Crippen LogP contribution in [0.3, 0.4) is 0 Å². The zero-order valence-electron chi connectivity index (χ0n) is 14.8. The molecule has 0 radical (unpaired) electrons. The first-order chi connectivity index (χ1) is 12.1. The minimum Gasteiger partial charge on any atom is -0.481 e. The largest absolute Gasteiger partial charge is 0.481 e. The Morgan fingerprint density at radius 2 is 2.00 bits per heavy atom. The molecule has 0 saturated heterocycles. The van der Waals surface area contributed by atoms with Gasteiger partial charge in [-0.05, 0) is 55.7 Å². The molecule has 3 rings (SSSR count). The molecule has 3 atom stereocenters. The van der Waals surface area contributed by atoms with Gasteiger partial charge >= 0.3 is 5.97 Å². The molecule has 0 unspecified atom stereocenters. The predicted octanol–water partition coefficient (Wildman–Crippen LogP) is 2.80. The topological polar surface area (TPSA) is 118 Å². The van der Waals surface area contributed by atoms with Gasteiger partial charge in [-0.25, -0.2) is 0 Å². The summed E-state index contributed by atoms with van der Waals surface area (Å²) < 4.78 is 29.6. The third kappa shape index (κ3) is 4.41. The van der Waals surface area contributed by atoms with Crippen molar-refractivity contribution in [2.24, 2.45) is 23.0 Å². The van der Waals surface area contributed by atoms with Crippen LogP contribution in [0.5, 0.6) is 0 Å². The van der Waals surface area contributed by atoms with E-state index in [9.17, 15) is 13.2 Å². The SMILES string of the molecule is C=CC1=C[C@@H]2[C@H](C1)C[C@]2(CN)CC(=O)O.Cc1ccc(S(=O)(=O)O)cc1. The van der Waals surface area contributed by atoms with Gasteiger partial charge in [0.15, 0.2) is 0 Å². The first-order valence-corrected chi connectivity index (χ1v) is 9.84. The Morgan fingerprint density at radius 3 is 2.46 bits per heavy atom. The van der Waals surface area contributed by atoms with Gasteiger partial charge in [-0.3, -0.25) is 9.35 Å². The molecule has 142 valence electrons. The standard InChI is InChI=1S/C12H17NO2.C7H8O3S/c1-2-8-3-9-5-12(7-13,6-11(14)15)10(9)4-8;1-6-2-4-7(5-3-6)11(8,9)10/h2,4,9-10H,1,3,5-7,13H2,(H,14,15);2-5H,1H3,(H,8,9,10)/t9-,10-,12-;/m1./s1. The van der Waals surface area contributed by atoms with Crippen LogP contribution in [0.25, 0.3) is 0 Å². The molecule has 1 fully saturated rings. The molecule has 0 bridgehead atoms. The second kappa shape index (κ2) is 7.73. The molecule has 0 amide bonds. The van der Waals surface area contributed by atoms with E-state index in [-0.39, 0.29) is 16.7 Å². The number of benzene rings is 1. The molecule has 2 aliphatic rings. The number of rotatable bonds is 5. The molecular formula is C19H25NO5S. The van der Waals surface area contributed by atoms with Gasteiger partial charge in [0.2, 0.25) is 0 Å². The zero-order chi connectivity index (χ0) is 19.5. The van der Waals surface area contributed by atoms with Crippen molar-refractivity contribution >= 4 is 16.1 Å². The summed E-state index contributed by atoms with van der Waals surface area (Å²) >= 11 is 0. The van der Waals surface area contributed by atoms with Gasteiger partial charge in [0, 0.05) is 0 Å². The number of nitrogens with two attached hydrogens (primary N) is 1. The van der Waals surface area contributed by atoms with E-state index in [4.69, 9.17) is 15.4 Å². The maximum Gasteiger partial charge on any atom is 0.303 e. The lowest BCUT2D eigenvalue weighted by molar-refractivity contribution is -0.144. The van der Waals surface area contributed by atoms with Crippen molar-refractivity contribution < 1.29 is 22.9 Å². The van der Waals surface area contributed by atoms with E-state index < -0.39 is 16.1 Å². The number of hydrogen-bond acceptors (Lipinski definition) is 4. The molecule has 1 saturated carbocycles. The van der Waals surface area contributed by atoms with Gasteiger partial charge in [0.1, 0.15) is 0 Å². The normalized spacial score (nSPS) is 26.7. The van der Waals surface area contributed by atoms with Crippen molar-refractivity contribution in [1.29, 1.82) is 0 Å². The minimum absolute atomic E-state index is 0.0666. The lowest BCUT2D eigenvalue weighted by atomic mass is 9.53. The number of allylic oxidation sites excluding steroid dienone is 3. The average Bonchev–Trinajstić information content (AvgIpc) is 2.90. The summed E-state index contributed by atoms with van der Waals surface area (Å²) in [6.45, 7) is 6.07. The van der Waals surface area contributed by atoms with Crippen molar-refractivity contribution in [3.63, 3.8) is 0 Å². The molecule has 6 nitrogen and oxygen atoms in total. The Kier molecular flexibility index (Phi) is 6.05. The highest BCUT2D eigenvalue weighted by Gasteiger charge is 2.54. The average molecular weight is 379 g/mol. The smallest absolute Gasteiger partial charge is 0.303 e. The van der Waals surface area contributed by atoms with Crippen LogP contribution in [0.1, 0.15) is 24.8 Å². The van der Waals surface area contributed by atoms with Crippen molar-refractivity contribution in [3.05, 3.63) is 54.1 Å². The number of carboxylic acids is 1. The maximum atomic E-state index is 10.8. The van der Waals surface area contributed by atoms with Gasteiger partial charge in [-0.1, -0.05) is 42.0 Å². The summed E-state index contributed by atoms with van der Waals surface area (Å²) in [5.41, 5.74) is 7.77. The third-order valence-corrected chi connectivity index (χ3v) is 6.13. The fraction of sp³-hybridized carbons (Fsp3) is 0.421. The Labute approximate surface area is 154 Å². The highest BCUT2D eigenvalue weighted by atomic mass is 32.2. The molecule has 0 aliphatic heterocycles. The minimum atomic E-state index is -4.02. The molecule has 2 aliphatic carbocycles. The van der Waals surface area contributed by atoms with Crippen molar-refractivity contribution in [2.45, 2.75) is 31.1 Å². The van der Waals surface area contributed by atoms with Gasteiger partial charge in [-0.2, -0.15) is 8.42 Å². The highest BCUT2D eigenvalue weighted by molar-refractivity contribution is 7.85. The number of carbonyl (C=O) groups is 1. The van der Waals surface area contributed by atoms with E-state index in [1.165, 1.54) is 17.7 Å². The molecular weight excluding hydrogens is 354 g/mol. The molecule has 7 heteroatoms. The van der Waals surface area contributed by atoms with Gasteiger partial charge in [0.05, 0.1) is 11.3 Å². The van der Waals surface area contributed by atoms with Crippen molar-refractivity contribution in [1.82, 2.24) is 0 Å². The monoisotopic (exact) mass is 379 g/mol. The zero-order valence-corrected chi connectivity index (χ0v) is 15.6. The lowest BCUT2D eigenvalue weighted by Crippen LogP contribution is -2.51. The van der Waals surface area contributed by atoms with Crippen LogP contribution in [0.2, 0.25) is 0 Å². The fourth-order valence-electron chi connectivity index (χ4n) is 3.88. The lowest BCUT2D eigenvalue weighted by Gasteiger charge is -2.51. The summed E-state index contributed by atoms with van der Waals surface area (Å²) in [6, 6.07) is 5.99. The van der Waals surface area contributed by atoms with Crippen LogP contribution in [-0.2, 0) is 14.9 Å². The first-order valence-electron chi connectivity index (χ1n) is 8.40. The summed E-state index contributed by atoms with van der Waals surface area (Å²) in [4.78, 5) is 10.7. The Balaban J connectivity index is 0.000000197. The van der Waals surface area contributed by atoms with E-state index in [2.05, 4.69) is 12.7 Å². The van der Waals surface area contributed by atoms with Crippen LogP contribution in [0.4, 0.5) is 0 Å².